The van der Waals surface area contributed by atoms with Gasteiger partial charge in [0, 0.05) is 18.5 Å². The highest BCUT2D eigenvalue weighted by Gasteiger charge is 2.16. The largest absolute Gasteiger partial charge is 0.319 e. The highest BCUT2D eigenvalue weighted by atomic mass is 32.2. The lowest BCUT2D eigenvalue weighted by Gasteiger charge is -2.18. The van der Waals surface area contributed by atoms with E-state index in [9.17, 15) is 0 Å². The Morgan fingerprint density at radius 1 is 1.78 bits per heavy atom. The molecule has 0 bridgehead atoms. The predicted octanol–water partition coefficient (Wildman–Crippen LogP) is 1.07. The molecule has 2 aliphatic heterocycles. The summed E-state index contributed by atoms with van der Waals surface area (Å²) in [5, 5.41) is 3.09. The number of thioether (sulfide) groups is 1. The van der Waals surface area contributed by atoms with Gasteiger partial charge in [-0.2, -0.15) is 0 Å². The molecule has 3 heteroatoms. The van der Waals surface area contributed by atoms with E-state index in [1.165, 1.54) is 6.42 Å². The molecule has 0 spiro atoms. The van der Waals surface area contributed by atoms with Crippen molar-refractivity contribution in [2.75, 3.05) is 13.1 Å². The molecule has 0 atom stereocenters. The van der Waals surface area contributed by atoms with Crippen molar-refractivity contribution in [2.24, 2.45) is 4.99 Å². The molecule has 0 N–H and O–H groups in total. The molecule has 0 aromatic rings. The number of fused-ring (bicyclic) bond motifs is 1. The second-order valence-corrected chi connectivity index (χ2v) is 2.87. The van der Waals surface area contributed by atoms with Gasteiger partial charge in [-0.25, -0.2) is 0 Å². The van der Waals surface area contributed by atoms with Crippen molar-refractivity contribution in [3.05, 3.63) is 11.6 Å². The summed E-state index contributed by atoms with van der Waals surface area (Å²) in [5.74, 6) is 0. The van der Waals surface area contributed by atoms with Crippen LogP contribution >= 0.6 is 11.8 Å². The van der Waals surface area contributed by atoms with E-state index in [-0.39, 0.29) is 0 Å². The molecule has 0 amide bonds. The normalized spacial score (nSPS) is 24.0. The molecule has 0 fully saturated rings. The molecule has 0 unspecified atom stereocenters. The van der Waals surface area contributed by atoms with Crippen LogP contribution in [-0.2, 0) is 0 Å². The summed E-state index contributed by atoms with van der Waals surface area (Å²) < 4.78 is 0. The third kappa shape index (κ3) is 0.852. The van der Waals surface area contributed by atoms with Gasteiger partial charge in [-0.3, -0.25) is 4.99 Å². The molecule has 0 aromatic carbocycles. The molecule has 0 saturated heterocycles. The summed E-state index contributed by atoms with van der Waals surface area (Å²) in [6.07, 6.45) is 4.27. The Morgan fingerprint density at radius 2 is 2.78 bits per heavy atom. The van der Waals surface area contributed by atoms with E-state index in [0.717, 1.165) is 18.3 Å². The Hall–Kier alpha value is -0.440. The first-order valence-corrected chi connectivity index (χ1v) is 3.91. The van der Waals surface area contributed by atoms with Gasteiger partial charge >= 0.3 is 0 Å². The molecule has 2 rings (SSSR count). The maximum atomic E-state index is 4.30. The third-order valence-corrected chi connectivity index (χ3v) is 2.17. The zero-order chi connectivity index (χ0) is 6.10. The Bertz CT molecular complexity index is 174. The van der Waals surface area contributed by atoms with Crippen molar-refractivity contribution >= 4 is 16.9 Å². The maximum absolute atomic E-state index is 4.30. The fourth-order valence-electron chi connectivity index (χ4n) is 0.948. The fourth-order valence-corrected chi connectivity index (χ4v) is 1.67. The highest BCUT2D eigenvalue weighted by Crippen LogP contribution is 2.21. The molecule has 9 heavy (non-hydrogen) atoms. The van der Waals surface area contributed by atoms with Gasteiger partial charge in [-0.1, -0.05) is 11.8 Å². The quantitative estimate of drug-likeness (QED) is 0.499. The molecule has 0 saturated carbocycles. The first-order chi connectivity index (χ1) is 4.47. The summed E-state index contributed by atoms with van der Waals surface area (Å²) in [7, 11) is 0. The average Bonchev–Trinajstić information content (AvgIpc) is 2.33. The maximum Gasteiger partial charge on any atom is 0.168 e. The van der Waals surface area contributed by atoms with Crippen molar-refractivity contribution in [2.45, 2.75) is 6.42 Å². The summed E-state index contributed by atoms with van der Waals surface area (Å²) >= 11 is 1.67. The molecule has 2 nitrogen and oxygen atoms in total. The highest BCUT2D eigenvalue weighted by molar-refractivity contribution is 8.16. The van der Waals surface area contributed by atoms with Gasteiger partial charge in [0.15, 0.2) is 5.17 Å². The van der Waals surface area contributed by atoms with Crippen molar-refractivity contribution in [1.82, 2.24) is 4.90 Å². The van der Waals surface area contributed by atoms with E-state index in [1.54, 1.807) is 11.8 Å². The number of amidine groups is 1. The van der Waals surface area contributed by atoms with Gasteiger partial charge < -0.3 is 4.90 Å². The molecule has 47 valence electrons. The van der Waals surface area contributed by atoms with Crippen LogP contribution in [0.5, 0.6) is 0 Å². The Kier molecular flexibility index (Phi) is 1.23. The zero-order valence-corrected chi connectivity index (χ0v) is 5.82. The minimum Gasteiger partial charge on any atom is -0.319 e. The SMILES string of the molecule is [C]1=CSC2=NCCCN12. The molecular weight excluding hydrogens is 132 g/mol. The van der Waals surface area contributed by atoms with Crippen molar-refractivity contribution in [1.29, 1.82) is 0 Å². The fraction of sp³-hybridized carbons (Fsp3) is 0.500. The Morgan fingerprint density at radius 3 is 3.67 bits per heavy atom. The van der Waals surface area contributed by atoms with Crippen LogP contribution in [0.15, 0.2) is 10.4 Å². The van der Waals surface area contributed by atoms with Gasteiger partial charge in [0.2, 0.25) is 0 Å². The molecule has 1 radical (unpaired) electrons. The van der Waals surface area contributed by atoms with Crippen LogP contribution in [0.1, 0.15) is 6.42 Å². The third-order valence-electron chi connectivity index (χ3n) is 1.39. The van der Waals surface area contributed by atoms with Crippen LogP contribution in [0.2, 0.25) is 0 Å². The van der Waals surface area contributed by atoms with Crippen LogP contribution < -0.4 is 0 Å². The number of nitrogens with zero attached hydrogens (tertiary/aromatic N) is 2. The lowest BCUT2D eigenvalue weighted by molar-refractivity contribution is 0.506. The van der Waals surface area contributed by atoms with Gasteiger partial charge in [0.1, 0.15) is 0 Å². The van der Waals surface area contributed by atoms with E-state index < -0.39 is 0 Å². The molecule has 0 aromatic heterocycles. The van der Waals surface area contributed by atoms with Crippen LogP contribution in [-0.4, -0.2) is 23.2 Å². The predicted molar refractivity (Wildman–Crippen MR) is 39.0 cm³/mol. The van der Waals surface area contributed by atoms with E-state index in [1.807, 2.05) is 5.41 Å². The second-order valence-electron chi connectivity index (χ2n) is 2.03. The first-order valence-electron chi connectivity index (χ1n) is 3.03. The second kappa shape index (κ2) is 2.06. The van der Waals surface area contributed by atoms with Gasteiger partial charge in [-0.05, 0) is 6.42 Å². The molecule has 0 aliphatic carbocycles. The van der Waals surface area contributed by atoms with E-state index in [2.05, 4.69) is 16.1 Å². The van der Waals surface area contributed by atoms with Gasteiger partial charge in [0.05, 0.1) is 6.20 Å². The Labute approximate surface area is 58.6 Å². The topological polar surface area (TPSA) is 15.6 Å². The van der Waals surface area contributed by atoms with Crippen LogP contribution in [0.3, 0.4) is 0 Å². The Balaban J connectivity index is 2.22. The molecule has 2 aliphatic rings. The summed E-state index contributed by atoms with van der Waals surface area (Å²) in [5.41, 5.74) is 0. The van der Waals surface area contributed by atoms with Crippen molar-refractivity contribution in [3.8, 4) is 0 Å². The van der Waals surface area contributed by atoms with Crippen LogP contribution in [0.25, 0.3) is 0 Å². The average molecular weight is 139 g/mol. The standard InChI is InChI=1S/C6H7N2S/c1-2-7-6-8(3-1)4-5-9-6/h5H,1-3H2. The van der Waals surface area contributed by atoms with Gasteiger partial charge in [-0.15, -0.1) is 0 Å². The summed E-state index contributed by atoms with van der Waals surface area (Å²) in [6, 6.07) is 0. The lowest BCUT2D eigenvalue weighted by atomic mass is 10.4. The van der Waals surface area contributed by atoms with Crippen LogP contribution in [0.4, 0.5) is 0 Å². The number of hydrogen-bond acceptors (Lipinski definition) is 3. The number of hydrogen-bond donors (Lipinski definition) is 0. The van der Waals surface area contributed by atoms with Crippen LogP contribution in [0, 0.1) is 6.20 Å². The zero-order valence-electron chi connectivity index (χ0n) is 5.00. The lowest BCUT2D eigenvalue weighted by Crippen LogP contribution is -2.25. The summed E-state index contributed by atoms with van der Waals surface area (Å²) in [4.78, 5) is 6.38. The van der Waals surface area contributed by atoms with Gasteiger partial charge in [0.25, 0.3) is 0 Å². The molecule has 2 heterocycles. The number of rotatable bonds is 0. The summed E-state index contributed by atoms with van der Waals surface area (Å²) in [6.45, 7) is 2.09. The van der Waals surface area contributed by atoms with Crippen molar-refractivity contribution in [3.63, 3.8) is 0 Å². The molecular formula is C6H7N2S. The van der Waals surface area contributed by atoms with E-state index in [0.29, 0.717) is 0 Å². The number of aliphatic imine (C=N–C) groups is 1. The smallest absolute Gasteiger partial charge is 0.168 e. The van der Waals surface area contributed by atoms with Crippen molar-refractivity contribution < 1.29 is 0 Å². The van der Waals surface area contributed by atoms with E-state index >= 15 is 0 Å². The monoisotopic (exact) mass is 139 g/mol. The minimum absolute atomic E-state index is 0.994. The minimum atomic E-state index is 0.994. The van der Waals surface area contributed by atoms with E-state index in [4.69, 9.17) is 0 Å². The first kappa shape index (κ1) is 5.35.